The van der Waals surface area contributed by atoms with Crippen molar-refractivity contribution in [2.75, 3.05) is 0 Å². The maximum atomic E-state index is 12.9. The number of carbonyl (C=O) groups is 2. The zero-order chi connectivity index (χ0) is 15.5. The number of carbonyl (C=O) groups excluding carboxylic acids is 2. The average Bonchev–Trinajstić information content (AvgIpc) is 2.90. The van der Waals surface area contributed by atoms with E-state index in [0.29, 0.717) is 5.56 Å². The number of hydrogen-bond donors (Lipinski definition) is 3. The highest BCUT2D eigenvalue weighted by atomic mass is 19.1. The molecule has 2 amide bonds. The molecule has 1 aliphatic heterocycles. The molecule has 0 spiro atoms. The molecule has 112 valence electrons. The molecular formula is C16H14FN3O2. The van der Waals surface area contributed by atoms with Gasteiger partial charge >= 0.3 is 0 Å². The van der Waals surface area contributed by atoms with Crippen molar-refractivity contribution in [1.82, 2.24) is 16.2 Å². The lowest BCUT2D eigenvalue weighted by atomic mass is 10.0. The van der Waals surface area contributed by atoms with Gasteiger partial charge in [-0.1, -0.05) is 30.3 Å². The molecule has 5 nitrogen and oxygen atoms in total. The zero-order valence-electron chi connectivity index (χ0n) is 11.5. The van der Waals surface area contributed by atoms with Crippen LogP contribution >= 0.6 is 0 Å². The monoisotopic (exact) mass is 299 g/mol. The summed E-state index contributed by atoms with van der Waals surface area (Å²) in [6.45, 7) is 0. The fraction of sp³-hybridized carbons (Fsp3) is 0.125. The number of amides is 2. The van der Waals surface area contributed by atoms with Gasteiger partial charge in [0.05, 0.1) is 6.04 Å². The number of halogens is 1. The first-order valence-electron chi connectivity index (χ1n) is 6.82. The van der Waals surface area contributed by atoms with E-state index in [9.17, 15) is 14.0 Å². The predicted octanol–water partition coefficient (Wildman–Crippen LogP) is 1.30. The minimum Gasteiger partial charge on any atom is -0.338 e. The summed E-state index contributed by atoms with van der Waals surface area (Å²) in [5, 5.41) is 2.68. The summed E-state index contributed by atoms with van der Waals surface area (Å²) in [7, 11) is 0. The second-order valence-corrected chi connectivity index (χ2v) is 4.98. The first-order chi connectivity index (χ1) is 10.6. The molecule has 0 bridgehead atoms. The topological polar surface area (TPSA) is 70.2 Å². The molecule has 1 heterocycles. The number of hydrazine groups is 1. The van der Waals surface area contributed by atoms with E-state index in [1.54, 1.807) is 0 Å². The predicted molar refractivity (Wildman–Crippen MR) is 78.1 cm³/mol. The third-order valence-electron chi connectivity index (χ3n) is 3.52. The third kappa shape index (κ3) is 2.82. The van der Waals surface area contributed by atoms with E-state index in [2.05, 4.69) is 16.2 Å². The van der Waals surface area contributed by atoms with E-state index in [1.165, 1.54) is 24.3 Å². The number of benzene rings is 2. The third-order valence-corrected chi connectivity index (χ3v) is 3.52. The Bertz CT molecular complexity index is 688. The molecule has 0 radical (unpaired) electrons. The molecule has 0 aromatic heterocycles. The van der Waals surface area contributed by atoms with Gasteiger partial charge in [-0.2, -0.15) is 0 Å². The van der Waals surface area contributed by atoms with E-state index in [0.717, 1.165) is 5.56 Å². The highest BCUT2D eigenvalue weighted by Crippen LogP contribution is 2.20. The molecular weight excluding hydrogens is 285 g/mol. The summed E-state index contributed by atoms with van der Waals surface area (Å²) in [6, 6.07) is 13.4. The maximum Gasteiger partial charge on any atom is 0.258 e. The van der Waals surface area contributed by atoms with Gasteiger partial charge in [0.1, 0.15) is 11.9 Å². The van der Waals surface area contributed by atoms with Crippen molar-refractivity contribution in [3.8, 4) is 0 Å². The summed E-state index contributed by atoms with van der Waals surface area (Å²) in [4.78, 5) is 24.1. The highest BCUT2D eigenvalue weighted by Gasteiger charge is 2.36. The molecule has 1 aliphatic rings. The Hall–Kier alpha value is -2.73. The second kappa shape index (κ2) is 5.95. The maximum absolute atomic E-state index is 12.9. The van der Waals surface area contributed by atoms with Crippen LogP contribution in [0, 0.1) is 5.82 Å². The lowest BCUT2D eigenvalue weighted by Gasteiger charge is -2.18. The van der Waals surface area contributed by atoms with Crippen LogP contribution in [0.4, 0.5) is 4.39 Å². The van der Waals surface area contributed by atoms with Gasteiger partial charge in [-0.3, -0.25) is 15.0 Å². The Morgan fingerprint density at radius 2 is 1.73 bits per heavy atom. The van der Waals surface area contributed by atoms with Gasteiger partial charge in [-0.25, -0.2) is 9.82 Å². The van der Waals surface area contributed by atoms with Gasteiger partial charge in [0.15, 0.2) is 0 Å². The van der Waals surface area contributed by atoms with Crippen LogP contribution < -0.4 is 16.2 Å². The first-order valence-corrected chi connectivity index (χ1v) is 6.82. The summed E-state index contributed by atoms with van der Waals surface area (Å²) in [6.07, 6.45) is 0. The Morgan fingerprint density at radius 1 is 1.05 bits per heavy atom. The van der Waals surface area contributed by atoms with Crippen molar-refractivity contribution in [3.05, 3.63) is 71.5 Å². The van der Waals surface area contributed by atoms with E-state index >= 15 is 0 Å². The SMILES string of the molecule is O=C(N[C@H]1C(=O)NN[C@@H]1c1ccccc1)c1ccc(F)cc1. The fourth-order valence-electron chi connectivity index (χ4n) is 2.37. The van der Waals surface area contributed by atoms with Gasteiger partial charge in [-0.05, 0) is 29.8 Å². The van der Waals surface area contributed by atoms with Gasteiger partial charge in [0.25, 0.3) is 11.8 Å². The molecule has 0 aliphatic carbocycles. The summed E-state index contributed by atoms with van der Waals surface area (Å²) in [5.41, 5.74) is 6.56. The molecule has 3 rings (SSSR count). The molecule has 2 aromatic rings. The van der Waals surface area contributed by atoms with Gasteiger partial charge < -0.3 is 5.32 Å². The second-order valence-electron chi connectivity index (χ2n) is 4.98. The van der Waals surface area contributed by atoms with E-state index in [1.807, 2.05) is 30.3 Å². The Kier molecular flexibility index (Phi) is 3.84. The Morgan fingerprint density at radius 3 is 2.41 bits per heavy atom. The van der Waals surface area contributed by atoms with Gasteiger partial charge in [0, 0.05) is 5.56 Å². The van der Waals surface area contributed by atoms with E-state index in [-0.39, 0.29) is 11.9 Å². The van der Waals surface area contributed by atoms with Gasteiger partial charge in [-0.15, -0.1) is 0 Å². The molecule has 2 atom stereocenters. The molecule has 1 saturated heterocycles. The molecule has 0 unspecified atom stereocenters. The van der Waals surface area contributed by atoms with E-state index in [4.69, 9.17) is 0 Å². The summed E-state index contributed by atoms with van der Waals surface area (Å²) in [5.74, 6) is -1.16. The largest absolute Gasteiger partial charge is 0.338 e. The van der Waals surface area contributed by atoms with Crippen molar-refractivity contribution in [2.24, 2.45) is 0 Å². The molecule has 3 N–H and O–H groups in total. The number of nitrogens with one attached hydrogen (secondary N) is 3. The van der Waals surface area contributed by atoms with Crippen LogP contribution in [0.2, 0.25) is 0 Å². The zero-order valence-corrected chi connectivity index (χ0v) is 11.5. The molecule has 2 aromatic carbocycles. The number of rotatable bonds is 3. The standard InChI is InChI=1S/C16H14FN3O2/c17-12-8-6-11(7-9-12)15(21)18-14-13(19-20-16(14)22)10-4-2-1-3-5-10/h1-9,13-14,19H,(H,18,21)(H,20,22)/t13-,14-/m1/s1. The first kappa shape index (κ1) is 14.2. The average molecular weight is 299 g/mol. The molecule has 22 heavy (non-hydrogen) atoms. The van der Waals surface area contributed by atoms with Crippen molar-refractivity contribution in [2.45, 2.75) is 12.1 Å². The van der Waals surface area contributed by atoms with Crippen LogP contribution in [-0.4, -0.2) is 17.9 Å². The minimum absolute atomic E-state index is 0.299. The quantitative estimate of drug-likeness (QED) is 0.800. The van der Waals surface area contributed by atoms with Crippen LogP contribution in [-0.2, 0) is 4.79 Å². The lowest BCUT2D eigenvalue weighted by Crippen LogP contribution is -2.42. The molecule has 6 heteroatoms. The van der Waals surface area contributed by atoms with Crippen molar-refractivity contribution >= 4 is 11.8 Å². The minimum atomic E-state index is -0.736. The van der Waals surface area contributed by atoms with Crippen LogP contribution in [0.25, 0.3) is 0 Å². The Labute approximate surface area is 126 Å². The fourth-order valence-corrected chi connectivity index (χ4v) is 2.37. The summed E-state index contributed by atoms with van der Waals surface area (Å²) < 4.78 is 12.9. The highest BCUT2D eigenvalue weighted by molar-refractivity contribution is 5.98. The normalized spacial score (nSPS) is 20.5. The van der Waals surface area contributed by atoms with Crippen LogP contribution in [0.1, 0.15) is 22.0 Å². The Balaban J connectivity index is 1.78. The van der Waals surface area contributed by atoms with Crippen LogP contribution in [0.5, 0.6) is 0 Å². The van der Waals surface area contributed by atoms with Crippen LogP contribution in [0.15, 0.2) is 54.6 Å². The smallest absolute Gasteiger partial charge is 0.258 e. The van der Waals surface area contributed by atoms with Crippen molar-refractivity contribution < 1.29 is 14.0 Å². The van der Waals surface area contributed by atoms with E-state index < -0.39 is 17.8 Å². The van der Waals surface area contributed by atoms with Crippen LogP contribution in [0.3, 0.4) is 0 Å². The number of hydrogen-bond acceptors (Lipinski definition) is 3. The molecule has 0 saturated carbocycles. The summed E-state index contributed by atoms with van der Waals surface area (Å²) >= 11 is 0. The molecule has 1 fully saturated rings. The van der Waals surface area contributed by atoms with Crippen molar-refractivity contribution in [1.29, 1.82) is 0 Å². The van der Waals surface area contributed by atoms with Gasteiger partial charge in [0.2, 0.25) is 0 Å². The van der Waals surface area contributed by atoms with Crippen molar-refractivity contribution in [3.63, 3.8) is 0 Å². The lowest BCUT2D eigenvalue weighted by molar-refractivity contribution is -0.121.